The standard InChI is InChI=1S/C14H21N3O3S/c1-10-5-7-15-12(16-10)21(19)11-6-8-17(9-11)13(18)20-14(2,3)4/h5,7,11H,6,8-9H2,1-4H3/t11-,21+/m1/s1. The number of aromatic nitrogens is 2. The molecule has 116 valence electrons. The van der Waals surface area contributed by atoms with E-state index in [0.29, 0.717) is 24.7 Å². The summed E-state index contributed by atoms with van der Waals surface area (Å²) in [6, 6.07) is 1.77. The maximum atomic E-state index is 12.5. The lowest BCUT2D eigenvalue weighted by Gasteiger charge is -2.24. The van der Waals surface area contributed by atoms with E-state index in [1.165, 1.54) is 0 Å². The van der Waals surface area contributed by atoms with Gasteiger partial charge in [0.25, 0.3) is 0 Å². The first-order chi connectivity index (χ1) is 9.76. The summed E-state index contributed by atoms with van der Waals surface area (Å²) in [6.07, 6.45) is 1.92. The molecular formula is C14H21N3O3S. The Kier molecular flexibility index (Phi) is 4.61. The monoisotopic (exact) mass is 311 g/mol. The van der Waals surface area contributed by atoms with Crippen LogP contribution in [0.25, 0.3) is 0 Å². The van der Waals surface area contributed by atoms with Crippen molar-refractivity contribution in [1.82, 2.24) is 14.9 Å². The highest BCUT2D eigenvalue weighted by Crippen LogP contribution is 2.20. The Morgan fingerprint density at radius 3 is 2.81 bits per heavy atom. The van der Waals surface area contributed by atoms with Crippen LogP contribution in [0.5, 0.6) is 0 Å². The van der Waals surface area contributed by atoms with Crippen molar-refractivity contribution >= 4 is 16.9 Å². The molecule has 1 aromatic heterocycles. The van der Waals surface area contributed by atoms with Gasteiger partial charge in [-0.1, -0.05) is 0 Å². The van der Waals surface area contributed by atoms with Crippen molar-refractivity contribution in [3.05, 3.63) is 18.0 Å². The summed E-state index contributed by atoms with van der Waals surface area (Å²) in [5.41, 5.74) is 0.267. The van der Waals surface area contributed by atoms with E-state index >= 15 is 0 Å². The van der Waals surface area contributed by atoms with Crippen LogP contribution in [-0.4, -0.2) is 49.1 Å². The van der Waals surface area contributed by atoms with Crippen molar-refractivity contribution in [2.24, 2.45) is 0 Å². The fourth-order valence-electron chi connectivity index (χ4n) is 2.07. The lowest BCUT2D eigenvalue weighted by atomic mass is 10.2. The van der Waals surface area contributed by atoms with Crippen LogP contribution in [0, 0.1) is 6.92 Å². The molecule has 2 rings (SSSR count). The minimum Gasteiger partial charge on any atom is -0.444 e. The predicted molar refractivity (Wildman–Crippen MR) is 79.4 cm³/mol. The Bertz CT molecular complexity index is 557. The highest BCUT2D eigenvalue weighted by atomic mass is 32.2. The third-order valence-electron chi connectivity index (χ3n) is 3.05. The van der Waals surface area contributed by atoms with Gasteiger partial charge >= 0.3 is 6.09 Å². The highest BCUT2D eigenvalue weighted by molar-refractivity contribution is 7.85. The molecule has 1 saturated heterocycles. The van der Waals surface area contributed by atoms with Gasteiger partial charge in [0.1, 0.15) is 5.60 Å². The van der Waals surface area contributed by atoms with Crippen molar-refractivity contribution in [2.45, 2.75) is 50.1 Å². The van der Waals surface area contributed by atoms with Gasteiger partial charge in [0.05, 0.1) is 16.0 Å². The molecule has 0 aliphatic carbocycles. The molecule has 2 atom stereocenters. The molecule has 21 heavy (non-hydrogen) atoms. The number of aryl methyl sites for hydroxylation is 1. The van der Waals surface area contributed by atoms with Crippen molar-refractivity contribution in [1.29, 1.82) is 0 Å². The molecule has 7 heteroatoms. The Morgan fingerprint density at radius 1 is 1.48 bits per heavy atom. The van der Waals surface area contributed by atoms with Crippen LogP contribution in [0.3, 0.4) is 0 Å². The SMILES string of the molecule is Cc1ccnc([S@@](=O)[C@@H]2CCN(C(=O)OC(C)(C)C)C2)n1. The first-order valence-electron chi connectivity index (χ1n) is 6.94. The van der Waals surface area contributed by atoms with Crippen LogP contribution in [0.2, 0.25) is 0 Å². The average Bonchev–Trinajstić information content (AvgIpc) is 2.85. The molecule has 1 fully saturated rings. The van der Waals surface area contributed by atoms with Gasteiger partial charge in [0, 0.05) is 25.0 Å². The minimum atomic E-state index is -1.30. The van der Waals surface area contributed by atoms with E-state index in [2.05, 4.69) is 9.97 Å². The summed E-state index contributed by atoms with van der Waals surface area (Å²) in [4.78, 5) is 21.9. The molecule has 6 nitrogen and oxygen atoms in total. The molecule has 0 saturated carbocycles. The molecule has 1 amide bonds. The van der Waals surface area contributed by atoms with Gasteiger partial charge in [0.15, 0.2) is 0 Å². The van der Waals surface area contributed by atoms with Gasteiger partial charge in [-0.2, -0.15) is 0 Å². The lowest BCUT2D eigenvalue weighted by molar-refractivity contribution is 0.0295. The van der Waals surface area contributed by atoms with Gasteiger partial charge < -0.3 is 9.64 Å². The maximum absolute atomic E-state index is 12.5. The van der Waals surface area contributed by atoms with Crippen molar-refractivity contribution in [3.63, 3.8) is 0 Å². The van der Waals surface area contributed by atoms with Gasteiger partial charge in [-0.05, 0) is 40.2 Å². The maximum Gasteiger partial charge on any atom is 0.410 e. The molecule has 0 radical (unpaired) electrons. The summed E-state index contributed by atoms with van der Waals surface area (Å²) >= 11 is 0. The second-order valence-electron chi connectivity index (χ2n) is 6.12. The molecule has 0 spiro atoms. The first-order valence-corrected chi connectivity index (χ1v) is 8.16. The summed E-state index contributed by atoms with van der Waals surface area (Å²) < 4.78 is 17.8. The fraction of sp³-hybridized carbons (Fsp3) is 0.643. The zero-order chi connectivity index (χ0) is 15.6. The van der Waals surface area contributed by atoms with Gasteiger partial charge in [-0.25, -0.2) is 14.8 Å². The van der Waals surface area contributed by atoms with E-state index in [4.69, 9.17) is 4.74 Å². The van der Waals surface area contributed by atoms with Crippen LogP contribution < -0.4 is 0 Å². The Balaban J connectivity index is 1.99. The number of ether oxygens (including phenoxy) is 1. The zero-order valence-electron chi connectivity index (χ0n) is 12.8. The molecule has 0 bridgehead atoms. The Morgan fingerprint density at radius 2 is 2.19 bits per heavy atom. The molecular weight excluding hydrogens is 290 g/mol. The molecule has 0 N–H and O–H groups in total. The number of rotatable bonds is 2. The number of hydrogen-bond donors (Lipinski definition) is 0. The van der Waals surface area contributed by atoms with Crippen molar-refractivity contribution in [2.75, 3.05) is 13.1 Å². The van der Waals surface area contributed by atoms with Crippen LogP contribution in [0.15, 0.2) is 17.4 Å². The molecule has 0 unspecified atom stereocenters. The van der Waals surface area contributed by atoms with Crippen LogP contribution in [0.1, 0.15) is 32.9 Å². The van der Waals surface area contributed by atoms with E-state index in [1.807, 2.05) is 27.7 Å². The number of carbonyl (C=O) groups is 1. The second-order valence-corrected chi connectivity index (χ2v) is 7.74. The summed E-state index contributed by atoms with van der Waals surface area (Å²) in [6.45, 7) is 8.30. The Labute approximate surface area is 127 Å². The number of nitrogens with zero attached hydrogens (tertiary/aromatic N) is 3. The van der Waals surface area contributed by atoms with E-state index in [-0.39, 0.29) is 11.3 Å². The summed E-state index contributed by atoms with van der Waals surface area (Å²) in [5.74, 6) is 0. The van der Waals surface area contributed by atoms with Crippen molar-refractivity contribution in [3.8, 4) is 0 Å². The van der Waals surface area contributed by atoms with E-state index < -0.39 is 16.4 Å². The quantitative estimate of drug-likeness (QED) is 0.780. The zero-order valence-corrected chi connectivity index (χ0v) is 13.6. The number of amides is 1. The molecule has 0 aromatic carbocycles. The third-order valence-corrected chi connectivity index (χ3v) is 4.60. The lowest BCUT2D eigenvalue weighted by Crippen LogP contribution is -2.36. The van der Waals surface area contributed by atoms with Crippen LogP contribution >= 0.6 is 0 Å². The van der Waals surface area contributed by atoms with Gasteiger partial charge in [-0.3, -0.25) is 4.21 Å². The normalized spacial score (nSPS) is 20.4. The molecule has 1 aliphatic rings. The topological polar surface area (TPSA) is 72.4 Å². The predicted octanol–water partition coefficient (Wildman–Crippen LogP) is 1.90. The number of likely N-dealkylation sites (tertiary alicyclic amines) is 1. The first kappa shape index (κ1) is 15.9. The van der Waals surface area contributed by atoms with Crippen molar-refractivity contribution < 1.29 is 13.7 Å². The number of hydrogen-bond acceptors (Lipinski definition) is 5. The molecule has 2 heterocycles. The largest absolute Gasteiger partial charge is 0.444 e. The summed E-state index contributed by atoms with van der Waals surface area (Å²) in [7, 11) is -1.30. The summed E-state index contributed by atoms with van der Waals surface area (Å²) in [5, 5.41) is 0.199. The van der Waals surface area contributed by atoms with Crippen LogP contribution in [-0.2, 0) is 15.5 Å². The minimum absolute atomic E-state index is 0.140. The second kappa shape index (κ2) is 6.09. The number of carbonyl (C=O) groups excluding carboxylic acids is 1. The Hall–Kier alpha value is -1.50. The van der Waals surface area contributed by atoms with E-state index in [9.17, 15) is 9.00 Å². The third kappa shape index (κ3) is 4.23. The van der Waals surface area contributed by atoms with E-state index in [1.54, 1.807) is 17.2 Å². The van der Waals surface area contributed by atoms with Crippen LogP contribution in [0.4, 0.5) is 4.79 Å². The fourth-order valence-corrected chi connectivity index (χ4v) is 3.40. The highest BCUT2D eigenvalue weighted by Gasteiger charge is 2.34. The molecule has 1 aliphatic heterocycles. The van der Waals surface area contributed by atoms with Gasteiger partial charge in [-0.15, -0.1) is 0 Å². The van der Waals surface area contributed by atoms with Gasteiger partial charge in [0.2, 0.25) is 5.16 Å². The molecule has 1 aromatic rings. The average molecular weight is 311 g/mol. The smallest absolute Gasteiger partial charge is 0.410 e. The van der Waals surface area contributed by atoms with E-state index in [0.717, 1.165) is 5.69 Å².